The van der Waals surface area contributed by atoms with Crippen LogP contribution in [0.15, 0.2) is 23.7 Å². The Morgan fingerprint density at radius 2 is 2.04 bits per heavy atom. The van der Waals surface area contributed by atoms with Crippen molar-refractivity contribution in [2.24, 2.45) is 0 Å². The number of pyridine rings is 1. The average molecular weight is 371 g/mol. The van der Waals surface area contributed by atoms with Gasteiger partial charge < -0.3 is 4.74 Å². The smallest absolute Gasteiger partial charge is 0.439 e. The van der Waals surface area contributed by atoms with Gasteiger partial charge >= 0.3 is 18.0 Å². The van der Waals surface area contributed by atoms with Crippen LogP contribution in [0.5, 0.6) is 5.88 Å². The molecule has 0 radical (unpaired) electrons. The van der Waals surface area contributed by atoms with Gasteiger partial charge in [0, 0.05) is 5.38 Å². The highest BCUT2D eigenvalue weighted by molar-refractivity contribution is 7.09. The molecule has 0 spiro atoms. The molecule has 0 aliphatic carbocycles. The Kier molecular flexibility index (Phi) is 5.64. The molecule has 2 heterocycles. The highest BCUT2D eigenvalue weighted by atomic mass is 32.1. The van der Waals surface area contributed by atoms with Gasteiger partial charge in [-0.25, -0.2) is 9.78 Å². The number of aromatic nitrogens is 2. The van der Waals surface area contributed by atoms with Crippen LogP contribution in [0.3, 0.4) is 0 Å². The Bertz CT molecular complexity index is 835. The Balaban J connectivity index is 2.33. The van der Waals surface area contributed by atoms with E-state index in [1.54, 1.807) is 25.3 Å². The molecule has 2 aromatic rings. The molecule has 25 heavy (non-hydrogen) atoms. The van der Waals surface area contributed by atoms with E-state index in [0.717, 1.165) is 11.2 Å². The second-order valence-corrected chi connectivity index (χ2v) is 6.19. The SMILES string of the molecule is Cc1nc(C#Cc2ccc(OC(C)C)[n+](OC(=O)C(F)(F)F)c2)cs1. The minimum absolute atomic E-state index is 0.0531. The second-order valence-electron chi connectivity index (χ2n) is 5.13. The van der Waals surface area contributed by atoms with Crippen LogP contribution in [0.25, 0.3) is 0 Å². The molecular weight excluding hydrogens is 357 g/mol. The maximum atomic E-state index is 12.4. The maximum absolute atomic E-state index is 12.4. The summed E-state index contributed by atoms with van der Waals surface area (Å²) in [5, 5.41) is 2.61. The number of alkyl halides is 3. The Morgan fingerprint density at radius 3 is 2.60 bits per heavy atom. The standard InChI is InChI=1S/C16H14F3N2O3S/c1-10(2)23-14-7-5-12(4-6-13-9-25-11(3)20-13)8-21(14)24-15(22)16(17,18)19/h5,7-10H,1-3H3/q+1. The molecule has 0 unspecified atom stereocenters. The van der Waals surface area contributed by atoms with Gasteiger partial charge in [0.25, 0.3) is 0 Å². The van der Waals surface area contributed by atoms with Crippen molar-refractivity contribution in [2.75, 3.05) is 0 Å². The largest absolute Gasteiger partial charge is 0.498 e. The summed E-state index contributed by atoms with van der Waals surface area (Å²) in [4.78, 5) is 19.6. The highest BCUT2D eigenvalue weighted by Gasteiger charge is 2.45. The van der Waals surface area contributed by atoms with Crippen LogP contribution >= 0.6 is 11.3 Å². The lowest BCUT2D eigenvalue weighted by atomic mass is 10.3. The molecular formula is C16H14F3N2O3S+. The van der Waals surface area contributed by atoms with Gasteiger partial charge in [0.15, 0.2) is 0 Å². The van der Waals surface area contributed by atoms with Crippen LogP contribution in [-0.2, 0) is 4.79 Å². The number of aryl methyl sites for hydroxylation is 1. The minimum Gasteiger partial charge on any atom is -0.439 e. The van der Waals surface area contributed by atoms with Gasteiger partial charge in [-0.1, -0.05) is 5.92 Å². The lowest BCUT2D eigenvalue weighted by Crippen LogP contribution is -2.51. The van der Waals surface area contributed by atoms with E-state index in [4.69, 9.17) is 4.74 Å². The zero-order valence-corrected chi connectivity index (χ0v) is 14.4. The van der Waals surface area contributed by atoms with Crippen LogP contribution in [-0.4, -0.2) is 23.2 Å². The van der Waals surface area contributed by atoms with E-state index in [-0.39, 0.29) is 12.0 Å². The topological polar surface area (TPSA) is 52.3 Å². The first-order valence-corrected chi connectivity index (χ1v) is 7.99. The molecule has 0 saturated heterocycles. The molecule has 2 rings (SSSR count). The van der Waals surface area contributed by atoms with Crippen molar-refractivity contribution in [3.63, 3.8) is 0 Å². The summed E-state index contributed by atoms with van der Waals surface area (Å²) in [5.41, 5.74) is 0.876. The summed E-state index contributed by atoms with van der Waals surface area (Å²) in [6, 6.07) is 2.92. The third-order valence-electron chi connectivity index (χ3n) is 2.60. The number of hydrogen-bond acceptors (Lipinski definition) is 5. The molecule has 9 heteroatoms. The number of halogens is 3. The predicted octanol–water partition coefficient (Wildman–Crippen LogP) is 2.44. The van der Waals surface area contributed by atoms with Gasteiger partial charge in [-0.05, 0) is 32.8 Å². The summed E-state index contributed by atoms with van der Waals surface area (Å²) in [5.74, 6) is 3.13. The fourth-order valence-electron chi connectivity index (χ4n) is 1.64. The number of thiazole rings is 1. The van der Waals surface area contributed by atoms with E-state index in [1.165, 1.54) is 17.4 Å². The molecule has 0 fully saturated rings. The van der Waals surface area contributed by atoms with E-state index in [1.807, 2.05) is 6.92 Å². The Morgan fingerprint density at radius 1 is 1.32 bits per heavy atom. The van der Waals surface area contributed by atoms with E-state index in [9.17, 15) is 18.0 Å². The minimum atomic E-state index is -5.12. The molecule has 0 N–H and O–H groups in total. The number of rotatable bonds is 3. The van der Waals surface area contributed by atoms with E-state index < -0.39 is 12.1 Å². The quantitative estimate of drug-likeness (QED) is 0.614. The third kappa shape index (κ3) is 5.46. The first kappa shape index (κ1) is 18.7. The maximum Gasteiger partial charge on any atom is 0.498 e. The van der Waals surface area contributed by atoms with Crippen molar-refractivity contribution < 1.29 is 32.3 Å². The lowest BCUT2D eigenvalue weighted by Gasteiger charge is -2.07. The molecule has 0 aromatic carbocycles. The van der Waals surface area contributed by atoms with Crippen molar-refractivity contribution in [2.45, 2.75) is 33.1 Å². The van der Waals surface area contributed by atoms with Crippen molar-refractivity contribution in [1.82, 2.24) is 4.98 Å². The summed E-state index contributed by atoms with van der Waals surface area (Å²) < 4.78 is 43.3. The molecule has 0 aliphatic rings. The fraction of sp³-hybridized carbons (Fsp3) is 0.312. The number of ether oxygens (including phenoxy) is 1. The molecule has 0 bridgehead atoms. The van der Waals surface area contributed by atoms with Crippen molar-refractivity contribution in [1.29, 1.82) is 0 Å². The Labute approximate surface area is 146 Å². The zero-order valence-electron chi connectivity index (χ0n) is 13.5. The van der Waals surface area contributed by atoms with Crippen molar-refractivity contribution in [3.8, 4) is 17.7 Å². The molecule has 5 nitrogen and oxygen atoms in total. The molecule has 0 atom stereocenters. The van der Waals surface area contributed by atoms with E-state index in [2.05, 4.69) is 21.7 Å². The van der Waals surface area contributed by atoms with E-state index in [0.29, 0.717) is 16.0 Å². The van der Waals surface area contributed by atoms with Gasteiger partial charge in [0.2, 0.25) is 6.20 Å². The van der Waals surface area contributed by atoms with Crippen LogP contribution in [0.2, 0.25) is 0 Å². The zero-order chi connectivity index (χ0) is 18.6. The average Bonchev–Trinajstić information content (AvgIpc) is 2.91. The number of carbonyl (C=O) groups is 1. The number of nitrogens with zero attached hydrogens (tertiary/aromatic N) is 2. The Hall–Kier alpha value is -2.60. The van der Waals surface area contributed by atoms with Crippen LogP contribution < -0.4 is 14.3 Å². The predicted molar refractivity (Wildman–Crippen MR) is 82.9 cm³/mol. The lowest BCUT2D eigenvalue weighted by molar-refractivity contribution is -0.873. The summed E-state index contributed by atoms with van der Waals surface area (Å²) in [6.07, 6.45) is -4.30. The first-order valence-electron chi connectivity index (χ1n) is 7.11. The first-order chi connectivity index (χ1) is 11.6. The summed E-state index contributed by atoms with van der Waals surface area (Å²) in [6.45, 7) is 5.21. The monoisotopic (exact) mass is 371 g/mol. The van der Waals surface area contributed by atoms with E-state index >= 15 is 0 Å². The summed E-state index contributed by atoms with van der Waals surface area (Å²) in [7, 11) is 0. The highest BCUT2D eigenvalue weighted by Crippen LogP contribution is 2.15. The third-order valence-corrected chi connectivity index (χ3v) is 3.38. The van der Waals surface area contributed by atoms with Gasteiger partial charge in [-0.15, -0.1) is 11.3 Å². The van der Waals surface area contributed by atoms with Gasteiger partial charge in [-0.3, -0.25) is 0 Å². The molecule has 0 saturated carbocycles. The molecule has 132 valence electrons. The fourth-order valence-corrected chi connectivity index (χ4v) is 2.19. The van der Waals surface area contributed by atoms with Crippen LogP contribution in [0.4, 0.5) is 13.2 Å². The molecule has 2 aromatic heterocycles. The molecule has 0 amide bonds. The number of carbonyl (C=O) groups excluding carboxylic acids is 1. The van der Waals surface area contributed by atoms with Gasteiger partial charge in [-0.2, -0.15) is 18.0 Å². The number of hydrogen-bond donors (Lipinski definition) is 0. The van der Waals surface area contributed by atoms with Gasteiger partial charge in [0.05, 0.1) is 27.5 Å². The van der Waals surface area contributed by atoms with Crippen LogP contribution in [0.1, 0.15) is 30.1 Å². The van der Waals surface area contributed by atoms with Crippen molar-refractivity contribution in [3.05, 3.63) is 40.0 Å². The van der Waals surface area contributed by atoms with Crippen LogP contribution in [0, 0.1) is 18.8 Å². The normalized spacial score (nSPS) is 11.0. The summed E-state index contributed by atoms with van der Waals surface area (Å²) >= 11 is 1.43. The van der Waals surface area contributed by atoms with Gasteiger partial charge in [0.1, 0.15) is 5.69 Å². The molecule has 0 aliphatic heterocycles. The van der Waals surface area contributed by atoms with Crippen molar-refractivity contribution >= 4 is 17.3 Å². The second kappa shape index (κ2) is 7.53.